The maximum absolute atomic E-state index is 12.3. The number of nitrogens with zero attached hydrogens (tertiary/aromatic N) is 4. The summed E-state index contributed by atoms with van der Waals surface area (Å²) in [7, 11) is 0. The van der Waals surface area contributed by atoms with Crippen LogP contribution in [-0.2, 0) is 0 Å². The van der Waals surface area contributed by atoms with E-state index in [1.165, 1.54) is 29.5 Å². The third-order valence-electron chi connectivity index (χ3n) is 5.16. The molecule has 0 bridgehead atoms. The monoisotopic (exact) mass is 446 g/mol. The van der Waals surface area contributed by atoms with Crippen LogP contribution in [-0.4, -0.2) is 45.3 Å². The Hall–Kier alpha value is -2.65. The molecule has 0 radical (unpaired) electrons. The lowest BCUT2D eigenvalue weighted by atomic mass is 10.1. The first-order chi connectivity index (χ1) is 15.0. The molecule has 164 valence electrons. The second-order valence-corrected chi connectivity index (χ2v) is 8.41. The molecular weight excluding hydrogens is 422 g/mol. The summed E-state index contributed by atoms with van der Waals surface area (Å²) in [5.74, 6) is 1.22. The summed E-state index contributed by atoms with van der Waals surface area (Å²) < 4.78 is 31.0. The number of ether oxygens (including phenoxy) is 1. The van der Waals surface area contributed by atoms with Gasteiger partial charge < -0.3 is 14.7 Å². The zero-order valence-electron chi connectivity index (χ0n) is 17.1. The molecular formula is C22H24F2N4O2S. The molecule has 1 aliphatic heterocycles. The largest absolute Gasteiger partial charge is 0.435 e. The fourth-order valence-electron chi connectivity index (χ4n) is 3.52. The van der Waals surface area contributed by atoms with Gasteiger partial charge in [-0.1, -0.05) is 41.6 Å². The minimum absolute atomic E-state index is 0.0629. The molecule has 31 heavy (non-hydrogen) atoms. The number of hydrogen-bond acceptors (Lipinski definition) is 6. The molecule has 0 amide bonds. The van der Waals surface area contributed by atoms with Crippen LogP contribution in [0, 0.1) is 6.92 Å². The summed E-state index contributed by atoms with van der Waals surface area (Å²) in [5.41, 5.74) is 2.77. The van der Waals surface area contributed by atoms with Gasteiger partial charge in [-0.05, 0) is 49.6 Å². The number of hydrogen-bond donors (Lipinski definition) is 1. The average Bonchev–Trinajstić information content (AvgIpc) is 3.42. The van der Waals surface area contributed by atoms with E-state index in [2.05, 4.69) is 32.0 Å². The molecule has 2 heterocycles. The van der Waals surface area contributed by atoms with Crippen molar-refractivity contribution in [2.75, 3.05) is 23.7 Å². The number of rotatable bonds is 8. The quantitative estimate of drug-likeness (QED) is 0.510. The van der Waals surface area contributed by atoms with Gasteiger partial charge in [0.25, 0.3) is 0 Å². The number of thioether (sulfide) groups is 1. The number of aromatic nitrogens is 3. The van der Waals surface area contributed by atoms with E-state index in [1.54, 1.807) is 12.1 Å². The van der Waals surface area contributed by atoms with Gasteiger partial charge in [0.05, 0.1) is 11.8 Å². The molecule has 2 aromatic carbocycles. The predicted molar refractivity (Wildman–Crippen MR) is 116 cm³/mol. The minimum Gasteiger partial charge on any atom is -0.435 e. The fourth-order valence-corrected chi connectivity index (χ4v) is 4.43. The molecule has 1 aromatic heterocycles. The van der Waals surface area contributed by atoms with Gasteiger partial charge in [-0.2, -0.15) is 8.78 Å². The van der Waals surface area contributed by atoms with Crippen molar-refractivity contribution in [2.45, 2.75) is 37.6 Å². The summed E-state index contributed by atoms with van der Waals surface area (Å²) in [6, 6.07) is 14.2. The van der Waals surface area contributed by atoms with Gasteiger partial charge in [-0.25, -0.2) is 0 Å². The summed E-state index contributed by atoms with van der Waals surface area (Å²) in [4.78, 5) is 2.23. The van der Waals surface area contributed by atoms with Crippen molar-refractivity contribution in [1.29, 1.82) is 0 Å². The van der Waals surface area contributed by atoms with E-state index in [-0.39, 0.29) is 5.75 Å². The zero-order valence-corrected chi connectivity index (χ0v) is 17.9. The van der Waals surface area contributed by atoms with Gasteiger partial charge >= 0.3 is 6.61 Å². The number of anilines is 1. The number of aryl methyl sites for hydroxylation is 1. The van der Waals surface area contributed by atoms with Crippen molar-refractivity contribution in [3.8, 4) is 11.4 Å². The van der Waals surface area contributed by atoms with E-state index >= 15 is 0 Å². The lowest BCUT2D eigenvalue weighted by Crippen LogP contribution is -2.22. The van der Waals surface area contributed by atoms with Gasteiger partial charge in [0.1, 0.15) is 5.75 Å². The van der Waals surface area contributed by atoms with E-state index in [0.717, 1.165) is 37.6 Å². The van der Waals surface area contributed by atoms with Gasteiger partial charge in [0, 0.05) is 18.8 Å². The second kappa shape index (κ2) is 9.65. The number of aliphatic hydroxyl groups is 1. The van der Waals surface area contributed by atoms with Crippen LogP contribution < -0.4 is 9.64 Å². The SMILES string of the molecule is Cc1ccc(-n2c(SCC(O)c3ccc(OC(F)F)cc3)nnc2N2CCCC2)cc1. The summed E-state index contributed by atoms with van der Waals surface area (Å²) in [6.07, 6.45) is 1.48. The van der Waals surface area contributed by atoms with E-state index in [4.69, 9.17) is 0 Å². The maximum atomic E-state index is 12.3. The molecule has 1 unspecified atom stereocenters. The molecule has 3 aromatic rings. The molecule has 6 nitrogen and oxygen atoms in total. The van der Waals surface area contributed by atoms with Crippen LogP contribution in [0.4, 0.5) is 14.7 Å². The van der Waals surface area contributed by atoms with Crippen molar-refractivity contribution in [1.82, 2.24) is 14.8 Å². The van der Waals surface area contributed by atoms with Crippen LogP contribution in [0.2, 0.25) is 0 Å². The van der Waals surface area contributed by atoms with Crippen molar-refractivity contribution >= 4 is 17.7 Å². The predicted octanol–water partition coefficient (Wildman–Crippen LogP) is 4.60. The highest BCUT2D eigenvalue weighted by molar-refractivity contribution is 7.99. The highest BCUT2D eigenvalue weighted by atomic mass is 32.2. The first-order valence-corrected chi connectivity index (χ1v) is 11.1. The number of aliphatic hydroxyl groups excluding tert-OH is 1. The third kappa shape index (κ3) is 5.16. The van der Waals surface area contributed by atoms with Crippen LogP contribution in [0.3, 0.4) is 0 Å². The molecule has 9 heteroatoms. The van der Waals surface area contributed by atoms with Crippen LogP contribution >= 0.6 is 11.8 Å². The van der Waals surface area contributed by atoms with Crippen LogP contribution in [0.15, 0.2) is 53.7 Å². The van der Waals surface area contributed by atoms with Crippen molar-refractivity contribution in [3.63, 3.8) is 0 Å². The van der Waals surface area contributed by atoms with Gasteiger partial charge in [0.2, 0.25) is 5.95 Å². The standard InChI is InChI=1S/C22H24F2N4O2S/c1-15-4-8-17(9-5-15)28-21(27-12-2-3-13-27)25-26-22(28)31-14-19(29)16-6-10-18(11-7-16)30-20(23)24/h4-11,19-20,29H,2-3,12-14H2,1H3. The van der Waals surface area contributed by atoms with Crippen LogP contribution in [0.25, 0.3) is 5.69 Å². The second-order valence-electron chi connectivity index (χ2n) is 7.42. The maximum Gasteiger partial charge on any atom is 0.387 e. The van der Waals surface area contributed by atoms with Gasteiger partial charge in [-0.3, -0.25) is 4.57 Å². The highest BCUT2D eigenvalue weighted by Gasteiger charge is 2.23. The molecule has 4 rings (SSSR count). The Morgan fingerprint density at radius 2 is 1.71 bits per heavy atom. The van der Waals surface area contributed by atoms with Crippen molar-refractivity contribution in [3.05, 3.63) is 59.7 Å². The van der Waals surface area contributed by atoms with Gasteiger partial charge in [-0.15, -0.1) is 10.2 Å². The third-order valence-corrected chi connectivity index (χ3v) is 6.16. The summed E-state index contributed by atoms with van der Waals surface area (Å²) >= 11 is 1.40. The molecule has 0 aliphatic carbocycles. The number of halogens is 2. The Labute approximate surface area is 183 Å². The fraction of sp³-hybridized carbons (Fsp3) is 0.364. The summed E-state index contributed by atoms with van der Waals surface area (Å²) in [5, 5.41) is 20.1. The Balaban J connectivity index is 1.52. The number of alkyl halides is 2. The smallest absolute Gasteiger partial charge is 0.387 e. The molecule has 1 N–H and O–H groups in total. The molecule has 1 saturated heterocycles. The lowest BCUT2D eigenvalue weighted by molar-refractivity contribution is -0.0498. The molecule has 1 aliphatic rings. The zero-order chi connectivity index (χ0) is 21.8. The topological polar surface area (TPSA) is 63.4 Å². The van der Waals surface area contributed by atoms with E-state index in [0.29, 0.717) is 16.5 Å². The van der Waals surface area contributed by atoms with Crippen LogP contribution in [0.5, 0.6) is 5.75 Å². The van der Waals surface area contributed by atoms with Crippen molar-refractivity contribution < 1.29 is 18.6 Å². The van der Waals surface area contributed by atoms with E-state index in [9.17, 15) is 13.9 Å². The van der Waals surface area contributed by atoms with Crippen molar-refractivity contribution in [2.24, 2.45) is 0 Å². The molecule has 1 fully saturated rings. The first-order valence-electron chi connectivity index (χ1n) is 10.1. The number of benzene rings is 2. The lowest BCUT2D eigenvalue weighted by Gasteiger charge is -2.19. The van der Waals surface area contributed by atoms with Crippen LogP contribution in [0.1, 0.15) is 30.1 Å². The molecule has 0 saturated carbocycles. The molecule has 1 atom stereocenters. The first kappa shape index (κ1) is 21.6. The molecule has 0 spiro atoms. The van der Waals surface area contributed by atoms with E-state index in [1.807, 2.05) is 23.6 Å². The van der Waals surface area contributed by atoms with Gasteiger partial charge in [0.15, 0.2) is 5.16 Å². The highest BCUT2D eigenvalue weighted by Crippen LogP contribution is 2.31. The Bertz CT molecular complexity index is 990. The normalized spacial score (nSPS) is 14.9. The summed E-state index contributed by atoms with van der Waals surface area (Å²) in [6.45, 7) is 1.07. The minimum atomic E-state index is -2.87. The Morgan fingerprint density at radius 3 is 2.35 bits per heavy atom. The Morgan fingerprint density at radius 1 is 1.03 bits per heavy atom. The average molecular weight is 447 g/mol. The van der Waals surface area contributed by atoms with E-state index < -0.39 is 12.7 Å². The Kier molecular flexibility index (Phi) is 6.72.